The van der Waals surface area contributed by atoms with E-state index in [9.17, 15) is 13.3 Å². The van der Waals surface area contributed by atoms with Gasteiger partial charge in [0.25, 0.3) is 0 Å². The molecular formula is C9H5Br2F2O3PS. The van der Waals surface area contributed by atoms with Gasteiger partial charge in [0, 0.05) is 19.0 Å². The van der Waals surface area contributed by atoms with Crippen LogP contribution in [0.5, 0.6) is 0 Å². The first-order valence-electron chi connectivity index (χ1n) is 4.46. The van der Waals surface area contributed by atoms with Gasteiger partial charge >= 0.3 is 13.3 Å². The largest absolute Gasteiger partial charge is 0.400 e. The topological polar surface area (TPSA) is 57.5 Å². The Hall–Kier alpha value is 0.150. The van der Waals surface area contributed by atoms with Gasteiger partial charge in [-0.05, 0) is 28.1 Å². The fraction of sp³-hybridized carbons (Fsp3) is 0.111. The summed E-state index contributed by atoms with van der Waals surface area (Å²) in [5, 5.41) is 0.492. The summed E-state index contributed by atoms with van der Waals surface area (Å²) >= 11 is 6.84. The molecule has 1 aromatic heterocycles. The number of hydrogen-bond donors (Lipinski definition) is 2. The maximum Gasteiger partial charge on any atom is 0.400 e. The van der Waals surface area contributed by atoms with Crippen LogP contribution < -0.4 is 0 Å². The van der Waals surface area contributed by atoms with E-state index in [2.05, 4.69) is 31.9 Å². The normalized spacial score (nSPS) is 13.2. The van der Waals surface area contributed by atoms with Crippen LogP contribution in [0.15, 0.2) is 27.1 Å². The maximum absolute atomic E-state index is 13.7. The fourth-order valence-electron chi connectivity index (χ4n) is 1.36. The number of halogens is 4. The highest BCUT2D eigenvalue weighted by Crippen LogP contribution is 2.62. The number of benzene rings is 1. The molecule has 0 atom stereocenters. The van der Waals surface area contributed by atoms with E-state index >= 15 is 0 Å². The molecule has 0 amide bonds. The Morgan fingerprint density at radius 2 is 1.89 bits per heavy atom. The van der Waals surface area contributed by atoms with Crippen molar-refractivity contribution in [3.05, 3.63) is 32.0 Å². The fourth-order valence-corrected chi connectivity index (χ4v) is 4.88. The van der Waals surface area contributed by atoms with E-state index in [1.54, 1.807) is 18.2 Å². The van der Waals surface area contributed by atoms with Crippen LogP contribution in [-0.2, 0) is 10.2 Å². The summed E-state index contributed by atoms with van der Waals surface area (Å²) < 4.78 is 39.4. The second-order valence-corrected chi connectivity index (χ2v) is 7.88. The van der Waals surface area contributed by atoms with Crippen LogP contribution in [0, 0.1) is 0 Å². The molecule has 0 saturated carbocycles. The third kappa shape index (κ3) is 2.30. The van der Waals surface area contributed by atoms with Gasteiger partial charge in [0.15, 0.2) is 0 Å². The molecule has 18 heavy (non-hydrogen) atoms. The monoisotopic (exact) mass is 420 g/mol. The van der Waals surface area contributed by atoms with Crippen LogP contribution >= 0.6 is 50.8 Å². The van der Waals surface area contributed by atoms with Gasteiger partial charge in [-0.25, -0.2) is 0 Å². The molecule has 1 aromatic carbocycles. The van der Waals surface area contributed by atoms with Crippen molar-refractivity contribution in [2.24, 2.45) is 0 Å². The summed E-state index contributed by atoms with van der Waals surface area (Å²) in [6, 6.07) is 4.88. The zero-order chi connectivity index (χ0) is 13.7. The van der Waals surface area contributed by atoms with Crippen LogP contribution in [0.25, 0.3) is 10.1 Å². The Morgan fingerprint density at radius 1 is 1.28 bits per heavy atom. The van der Waals surface area contributed by atoms with E-state index in [1.807, 2.05) is 0 Å². The number of alkyl halides is 2. The minimum Gasteiger partial charge on any atom is -0.320 e. The molecule has 1 heterocycles. The summed E-state index contributed by atoms with van der Waals surface area (Å²) in [6.45, 7) is 0. The van der Waals surface area contributed by atoms with E-state index in [0.717, 1.165) is 0 Å². The van der Waals surface area contributed by atoms with Gasteiger partial charge in [-0.1, -0.05) is 22.0 Å². The zero-order valence-corrected chi connectivity index (χ0v) is 13.3. The number of fused-ring (bicyclic) bond motifs is 1. The molecule has 2 aromatic rings. The zero-order valence-electron chi connectivity index (χ0n) is 8.40. The smallest absolute Gasteiger partial charge is 0.320 e. The van der Waals surface area contributed by atoms with Crippen molar-refractivity contribution >= 4 is 60.9 Å². The van der Waals surface area contributed by atoms with Gasteiger partial charge < -0.3 is 9.79 Å². The molecule has 2 rings (SSSR count). The lowest BCUT2D eigenvalue weighted by molar-refractivity contribution is 0.0595. The second kappa shape index (κ2) is 4.61. The Balaban J connectivity index is 2.74. The summed E-state index contributed by atoms with van der Waals surface area (Å²) in [7, 11) is -5.55. The average molecular weight is 422 g/mol. The highest BCUT2D eigenvalue weighted by molar-refractivity contribution is 9.11. The standard InChI is InChI=1S/C9H5Br2F2O3PS/c10-4-1-2-5-6(3-4)18-8(7(5)11)9(12,13)17(14,15)16/h1-3H,(H2,14,15,16). The summed E-state index contributed by atoms with van der Waals surface area (Å²) in [5.74, 6) is 0. The Morgan fingerprint density at radius 3 is 2.44 bits per heavy atom. The van der Waals surface area contributed by atoms with Gasteiger partial charge in [-0.3, -0.25) is 4.57 Å². The molecular weight excluding hydrogens is 417 g/mol. The number of thiophene rings is 1. The molecule has 0 radical (unpaired) electrons. The second-order valence-electron chi connectivity index (χ2n) is 3.47. The molecule has 0 saturated heterocycles. The van der Waals surface area contributed by atoms with Crippen LogP contribution in [-0.4, -0.2) is 9.79 Å². The van der Waals surface area contributed by atoms with Gasteiger partial charge in [-0.15, -0.1) is 11.3 Å². The van der Waals surface area contributed by atoms with Crippen molar-refractivity contribution in [3.8, 4) is 0 Å². The third-order valence-electron chi connectivity index (χ3n) is 2.23. The average Bonchev–Trinajstić information content (AvgIpc) is 2.54. The summed E-state index contributed by atoms with van der Waals surface area (Å²) in [4.78, 5) is 16.8. The van der Waals surface area contributed by atoms with E-state index in [1.165, 1.54) is 0 Å². The highest BCUT2D eigenvalue weighted by atomic mass is 79.9. The minimum atomic E-state index is -5.55. The van der Waals surface area contributed by atoms with Crippen molar-refractivity contribution in [2.45, 2.75) is 5.66 Å². The third-order valence-corrected chi connectivity index (χ3v) is 6.14. The predicted molar refractivity (Wildman–Crippen MR) is 73.2 cm³/mol. The summed E-state index contributed by atoms with van der Waals surface area (Å²) in [6.07, 6.45) is 0. The minimum absolute atomic E-state index is 0.0170. The lowest BCUT2D eigenvalue weighted by Crippen LogP contribution is -2.12. The van der Waals surface area contributed by atoms with Crippen LogP contribution in [0.4, 0.5) is 8.78 Å². The van der Waals surface area contributed by atoms with Crippen molar-refractivity contribution in [3.63, 3.8) is 0 Å². The van der Waals surface area contributed by atoms with Crippen molar-refractivity contribution in [2.75, 3.05) is 0 Å². The molecule has 0 aliphatic rings. The number of rotatable bonds is 2. The quantitative estimate of drug-likeness (QED) is 0.693. The van der Waals surface area contributed by atoms with Crippen molar-refractivity contribution in [1.82, 2.24) is 0 Å². The Labute approximate surface area is 121 Å². The van der Waals surface area contributed by atoms with Crippen molar-refractivity contribution in [1.29, 1.82) is 0 Å². The molecule has 9 heteroatoms. The lowest BCUT2D eigenvalue weighted by atomic mass is 10.2. The molecule has 3 nitrogen and oxygen atoms in total. The SMILES string of the molecule is O=P(O)(O)C(F)(F)c1sc2cc(Br)ccc2c1Br. The van der Waals surface area contributed by atoms with Crippen LogP contribution in [0.1, 0.15) is 4.88 Å². The van der Waals surface area contributed by atoms with E-state index in [-0.39, 0.29) is 4.47 Å². The van der Waals surface area contributed by atoms with E-state index in [0.29, 0.717) is 25.9 Å². The maximum atomic E-state index is 13.7. The number of hydrogen-bond acceptors (Lipinski definition) is 2. The van der Waals surface area contributed by atoms with Gasteiger partial charge in [0.1, 0.15) is 4.88 Å². The first-order chi connectivity index (χ1) is 8.14. The Kier molecular flexibility index (Phi) is 3.73. The van der Waals surface area contributed by atoms with Gasteiger partial charge in [-0.2, -0.15) is 8.78 Å². The lowest BCUT2D eigenvalue weighted by Gasteiger charge is -2.16. The van der Waals surface area contributed by atoms with E-state index < -0.39 is 18.1 Å². The van der Waals surface area contributed by atoms with Crippen molar-refractivity contribution < 1.29 is 23.1 Å². The van der Waals surface area contributed by atoms with Crippen LogP contribution in [0.2, 0.25) is 0 Å². The van der Waals surface area contributed by atoms with Crippen LogP contribution in [0.3, 0.4) is 0 Å². The van der Waals surface area contributed by atoms with Gasteiger partial charge in [0.2, 0.25) is 0 Å². The molecule has 0 fully saturated rings. The van der Waals surface area contributed by atoms with Gasteiger partial charge in [0.05, 0.1) is 0 Å². The molecule has 0 unspecified atom stereocenters. The first-order valence-corrected chi connectivity index (χ1v) is 8.47. The molecule has 0 aliphatic carbocycles. The molecule has 0 aliphatic heterocycles. The summed E-state index contributed by atoms with van der Waals surface area (Å²) in [5.41, 5.74) is -4.19. The molecule has 98 valence electrons. The Bertz CT molecular complexity index is 667. The molecule has 0 spiro atoms. The molecule has 0 bridgehead atoms. The molecule has 2 N–H and O–H groups in total. The highest BCUT2D eigenvalue weighted by Gasteiger charge is 2.53. The van der Waals surface area contributed by atoms with E-state index in [4.69, 9.17) is 9.79 Å². The first kappa shape index (κ1) is 14.6. The predicted octanol–water partition coefficient (Wildman–Crippen LogP) is 4.65.